The molecule has 1 aliphatic rings. The van der Waals surface area contributed by atoms with Crippen molar-refractivity contribution in [2.75, 3.05) is 11.1 Å². The maximum atomic E-state index is 13.3. The summed E-state index contributed by atoms with van der Waals surface area (Å²) in [6, 6.07) is 16.3. The van der Waals surface area contributed by atoms with Gasteiger partial charge < -0.3 is 10.6 Å². The van der Waals surface area contributed by atoms with E-state index < -0.39 is 0 Å². The van der Waals surface area contributed by atoms with Gasteiger partial charge in [-0.15, -0.1) is 10.2 Å². The molecule has 0 radical (unpaired) electrons. The Morgan fingerprint density at radius 3 is 2.75 bits per heavy atom. The number of anilines is 2. The van der Waals surface area contributed by atoms with Crippen LogP contribution >= 0.6 is 23.1 Å². The Kier molecular flexibility index (Phi) is 5.87. The summed E-state index contributed by atoms with van der Waals surface area (Å²) in [7, 11) is 0. The van der Waals surface area contributed by atoms with Crippen molar-refractivity contribution in [2.45, 2.75) is 23.2 Å². The Bertz CT molecular complexity index is 946. The van der Waals surface area contributed by atoms with Crippen molar-refractivity contribution in [3.05, 3.63) is 66.0 Å². The number of nitrogens with zero attached hydrogens (tertiary/aromatic N) is 2. The molecule has 8 heteroatoms. The molecule has 2 aromatic carbocycles. The van der Waals surface area contributed by atoms with Crippen LogP contribution in [0.3, 0.4) is 0 Å². The summed E-state index contributed by atoms with van der Waals surface area (Å²) in [4.78, 5) is 12.4. The van der Waals surface area contributed by atoms with E-state index in [4.69, 9.17) is 0 Å². The van der Waals surface area contributed by atoms with Crippen LogP contribution in [0.2, 0.25) is 0 Å². The number of nitrogens with one attached hydrogen (secondary N) is 2. The largest absolute Gasteiger partial charge is 0.348 e. The predicted molar refractivity (Wildman–Crippen MR) is 110 cm³/mol. The van der Waals surface area contributed by atoms with Gasteiger partial charge in [-0.05, 0) is 42.5 Å². The zero-order valence-corrected chi connectivity index (χ0v) is 16.6. The van der Waals surface area contributed by atoms with Crippen molar-refractivity contribution in [1.29, 1.82) is 0 Å². The van der Waals surface area contributed by atoms with Gasteiger partial charge in [0, 0.05) is 5.69 Å². The summed E-state index contributed by atoms with van der Waals surface area (Å²) in [5, 5.41) is 14.9. The van der Waals surface area contributed by atoms with E-state index in [-0.39, 0.29) is 23.5 Å². The van der Waals surface area contributed by atoms with E-state index in [2.05, 4.69) is 33.0 Å². The topological polar surface area (TPSA) is 66.9 Å². The van der Waals surface area contributed by atoms with Crippen LogP contribution in [-0.4, -0.2) is 21.9 Å². The highest BCUT2D eigenvalue weighted by molar-refractivity contribution is 8.01. The molecule has 4 rings (SSSR count). The number of thioether (sulfide) groups is 1. The first-order chi connectivity index (χ1) is 13.7. The van der Waals surface area contributed by atoms with E-state index in [9.17, 15) is 9.18 Å². The first kappa shape index (κ1) is 18.9. The third kappa shape index (κ3) is 5.08. The van der Waals surface area contributed by atoms with E-state index in [0.29, 0.717) is 21.1 Å². The Labute approximate surface area is 170 Å². The minimum Gasteiger partial charge on any atom is -0.348 e. The summed E-state index contributed by atoms with van der Waals surface area (Å²) >= 11 is 2.69. The van der Waals surface area contributed by atoms with Crippen molar-refractivity contribution in [3.63, 3.8) is 0 Å². The quantitative estimate of drug-likeness (QED) is 0.519. The minimum absolute atomic E-state index is 0.0133. The van der Waals surface area contributed by atoms with E-state index in [0.717, 1.165) is 18.4 Å². The van der Waals surface area contributed by atoms with Crippen LogP contribution in [0.1, 0.15) is 24.4 Å². The van der Waals surface area contributed by atoms with E-state index in [1.54, 1.807) is 12.1 Å². The number of hydrogen-bond donors (Lipinski definition) is 2. The van der Waals surface area contributed by atoms with Gasteiger partial charge in [-0.25, -0.2) is 4.39 Å². The van der Waals surface area contributed by atoms with Crippen LogP contribution in [0.5, 0.6) is 0 Å². The molecule has 144 valence electrons. The summed E-state index contributed by atoms with van der Waals surface area (Å²) in [6.45, 7) is 0. The average Bonchev–Trinajstić information content (AvgIpc) is 3.45. The van der Waals surface area contributed by atoms with Gasteiger partial charge in [-0.2, -0.15) is 0 Å². The monoisotopic (exact) mass is 414 g/mol. The molecule has 1 heterocycles. The van der Waals surface area contributed by atoms with Crippen molar-refractivity contribution < 1.29 is 9.18 Å². The SMILES string of the molecule is O=C(CSc1nnc(Nc2cccc(F)c2)s1)NC(c1ccccc1)C1CC1. The highest BCUT2D eigenvalue weighted by Gasteiger charge is 2.33. The highest BCUT2D eigenvalue weighted by atomic mass is 32.2. The molecule has 28 heavy (non-hydrogen) atoms. The number of carbonyl (C=O) groups is 1. The maximum Gasteiger partial charge on any atom is 0.230 e. The molecule has 0 saturated heterocycles. The summed E-state index contributed by atoms with van der Waals surface area (Å²) < 4.78 is 13.9. The van der Waals surface area contributed by atoms with Crippen molar-refractivity contribution in [1.82, 2.24) is 15.5 Å². The lowest BCUT2D eigenvalue weighted by molar-refractivity contribution is -0.119. The number of carbonyl (C=O) groups excluding carboxylic acids is 1. The molecule has 5 nitrogen and oxygen atoms in total. The molecule has 0 bridgehead atoms. The number of aromatic nitrogens is 2. The molecule has 1 aliphatic carbocycles. The predicted octanol–water partition coefficient (Wildman–Crippen LogP) is 4.78. The fourth-order valence-corrected chi connectivity index (χ4v) is 4.50. The van der Waals surface area contributed by atoms with Crippen LogP contribution in [0.15, 0.2) is 58.9 Å². The number of halogens is 1. The fourth-order valence-electron chi connectivity index (χ4n) is 2.91. The molecule has 1 aromatic heterocycles. The lowest BCUT2D eigenvalue weighted by atomic mass is 10.0. The van der Waals surface area contributed by atoms with Crippen LogP contribution < -0.4 is 10.6 Å². The molecule has 1 fully saturated rings. The Hall–Kier alpha value is -2.45. The van der Waals surface area contributed by atoms with Gasteiger partial charge in [-0.1, -0.05) is 59.5 Å². The third-order valence-corrected chi connectivity index (χ3v) is 6.35. The first-order valence-electron chi connectivity index (χ1n) is 9.00. The zero-order valence-electron chi connectivity index (χ0n) is 15.0. The van der Waals surface area contributed by atoms with Gasteiger partial charge in [-0.3, -0.25) is 4.79 Å². The maximum absolute atomic E-state index is 13.3. The molecular weight excluding hydrogens is 395 g/mol. The second-order valence-corrected chi connectivity index (χ2v) is 8.79. The lowest BCUT2D eigenvalue weighted by Crippen LogP contribution is -2.31. The van der Waals surface area contributed by atoms with Crippen LogP contribution in [0.4, 0.5) is 15.2 Å². The minimum atomic E-state index is -0.315. The molecule has 1 saturated carbocycles. The summed E-state index contributed by atoms with van der Waals surface area (Å²) in [5.41, 5.74) is 1.77. The van der Waals surface area contributed by atoms with E-state index in [1.165, 1.54) is 35.2 Å². The standard InChI is InChI=1S/C20H19FN4OS2/c21-15-7-4-8-16(11-15)22-19-24-25-20(28-19)27-12-17(26)23-18(14-9-10-14)13-5-2-1-3-6-13/h1-8,11,14,18H,9-10,12H2,(H,22,24)(H,23,26). The van der Waals surface area contributed by atoms with Gasteiger partial charge >= 0.3 is 0 Å². The summed E-state index contributed by atoms with van der Waals surface area (Å²) in [5.74, 6) is 0.481. The van der Waals surface area contributed by atoms with Gasteiger partial charge in [0.2, 0.25) is 11.0 Å². The molecule has 3 aromatic rings. The Morgan fingerprint density at radius 2 is 2.00 bits per heavy atom. The second-order valence-electron chi connectivity index (χ2n) is 6.59. The van der Waals surface area contributed by atoms with Gasteiger partial charge in [0.05, 0.1) is 11.8 Å². The molecule has 1 amide bonds. The van der Waals surface area contributed by atoms with Crippen molar-refractivity contribution in [2.24, 2.45) is 5.92 Å². The van der Waals surface area contributed by atoms with E-state index in [1.807, 2.05) is 18.2 Å². The second kappa shape index (κ2) is 8.70. The fraction of sp³-hybridized carbons (Fsp3) is 0.250. The molecule has 1 unspecified atom stereocenters. The highest BCUT2D eigenvalue weighted by Crippen LogP contribution is 2.41. The summed E-state index contributed by atoms with van der Waals surface area (Å²) in [6.07, 6.45) is 2.30. The van der Waals surface area contributed by atoms with Gasteiger partial charge in [0.1, 0.15) is 5.82 Å². The Morgan fingerprint density at radius 1 is 1.18 bits per heavy atom. The number of benzene rings is 2. The molecule has 0 spiro atoms. The molecule has 0 aliphatic heterocycles. The zero-order chi connectivity index (χ0) is 19.3. The van der Waals surface area contributed by atoms with Crippen LogP contribution in [-0.2, 0) is 4.79 Å². The number of rotatable bonds is 8. The number of amides is 1. The first-order valence-corrected chi connectivity index (χ1v) is 10.8. The normalized spacial score (nSPS) is 14.5. The molecular formula is C20H19FN4OS2. The lowest BCUT2D eigenvalue weighted by Gasteiger charge is -2.18. The van der Waals surface area contributed by atoms with Crippen LogP contribution in [0.25, 0.3) is 0 Å². The van der Waals surface area contributed by atoms with Gasteiger partial charge in [0.25, 0.3) is 0 Å². The molecule has 2 N–H and O–H groups in total. The van der Waals surface area contributed by atoms with Crippen molar-refractivity contribution in [3.8, 4) is 0 Å². The number of hydrogen-bond acceptors (Lipinski definition) is 6. The van der Waals surface area contributed by atoms with Gasteiger partial charge in [0.15, 0.2) is 4.34 Å². The van der Waals surface area contributed by atoms with E-state index >= 15 is 0 Å². The Balaban J connectivity index is 1.30. The van der Waals surface area contributed by atoms with Crippen LogP contribution in [0, 0.1) is 11.7 Å². The van der Waals surface area contributed by atoms with Crippen molar-refractivity contribution >= 4 is 39.8 Å². The third-order valence-electron chi connectivity index (χ3n) is 4.38. The average molecular weight is 415 g/mol. The smallest absolute Gasteiger partial charge is 0.230 e. The molecule has 1 atom stereocenters.